The first kappa shape index (κ1) is 18.7. The van der Waals surface area contributed by atoms with Gasteiger partial charge in [-0.1, -0.05) is 0 Å². The lowest BCUT2D eigenvalue weighted by Gasteiger charge is -2.25. The van der Waals surface area contributed by atoms with Crippen LogP contribution in [0.2, 0.25) is 0 Å². The molecule has 1 fully saturated rings. The first-order valence-electron chi connectivity index (χ1n) is 3.44. The van der Waals surface area contributed by atoms with E-state index in [-0.39, 0.29) is 36.8 Å². The minimum absolute atomic E-state index is 0. The number of rotatable bonds is 2. The zero-order chi connectivity index (χ0) is 7.40. The largest absolute Gasteiger partial charge is 0.480 e. The molecule has 1 aliphatic rings. The molecule has 0 unspecified atom stereocenters. The minimum Gasteiger partial charge on any atom is -0.480 e. The van der Waals surface area contributed by atoms with Gasteiger partial charge in [0.25, 0.3) is 0 Å². The van der Waals surface area contributed by atoms with E-state index < -0.39 is 5.97 Å². The molecule has 0 atom stereocenters. The number of aliphatic carboxylic acids is 1. The summed E-state index contributed by atoms with van der Waals surface area (Å²) in [5.41, 5.74) is 0. The molecule has 1 heterocycles. The lowest BCUT2D eigenvalue weighted by atomic mass is 10.3. The summed E-state index contributed by atoms with van der Waals surface area (Å²) in [5.74, 6) is -0.734. The molecule has 1 saturated heterocycles. The second kappa shape index (κ2) is 10.0. The number of halogens is 2. The summed E-state index contributed by atoms with van der Waals surface area (Å²) in [4.78, 5) is 12.1. The van der Waals surface area contributed by atoms with E-state index in [0.29, 0.717) is 0 Å². The van der Waals surface area contributed by atoms with E-state index in [1.165, 1.54) is 0 Å². The zero-order valence-electron chi connectivity index (χ0n) is 7.15. The van der Waals surface area contributed by atoms with Gasteiger partial charge in [-0.3, -0.25) is 9.69 Å². The topological polar surface area (TPSA) is 84.1 Å². The first-order valence-corrected chi connectivity index (χ1v) is 3.44. The molecular weight excluding hydrogens is 219 g/mol. The highest BCUT2D eigenvalue weighted by molar-refractivity contribution is 5.85. The molecule has 0 amide bonds. The van der Waals surface area contributed by atoms with Crippen molar-refractivity contribution in [1.82, 2.24) is 10.2 Å². The van der Waals surface area contributed by atoms with Gasteiger partial charge in [0.2, 0.25) is 0 Å². The van der Waals surface area contributed by atoms with Gasteiger partial charge < -0.3 is 15.9 Å². The Labute approximate surface area is 89.6 Å². The monoisotopic (exact) mass is 234 g/mol. The Morgan fingerprint density at radius 2 is 1.77 bits per heavy atom. The molecule has 0 saturated carbocycles. The SMILES string of the molecule is Cl.Cl.O.O=C(O)CN1CCNCC1. The van der Waals surface area contributed by atoms with E-state index in [2.05, 4.69) is 5.32 Å². The van der Waals surface area contributed by atoms with Gasteiger partial charge in [-0.05, 0) is 0 Å². The Morgan fingerprint density at radius 3 is 2.15 bits per heavy atom. The van der Waals surface area contributed by atoms with Gasteiger partial charge in [-0.15, -0.1) is 24.8 Å². The molecule has 7 heteroatoms. The van der Waals surface area contributed by atoms with E-state index in [1.807, 2.05) is 4.90 Å². The summed E-state index contributed by atoms with van der Waals surface area (Å²) >= 11 is 0. The van der Waals surface area contributed by atoms with Crippen LogP contribution < -0.4 is 5.32 Å². The van der Waals surface area contributed by atoms with Gasteiger partial charge in [-0.25, -0.2) is 0 Å². The van der Waals surface area contributed by atoms with Crippen LogP contribution in [0.4, 0.5) is 0 Å². The van der Waals surface area contributed by atoms with Crippen LogP contribution in [-0.2, 0) is 4.79 Å². The fourth-order valence-corrected chi connectivity index (χ4v) is 1.06. The lowest BCUT2D eigenvalue weighted by Crippen LogP contribution is -2.45. The molecule has 0 aromatic carbocycles. The molecule has 0 aromatic heterocycles. The van der Waals surface area contributed by atoms with Crippen molar-refractivity contribution >= 4 is 30.8 Å². The Morgan fingerprint density at radius 1 is 1.31 bits per heavy atom. The highest BCUT2D eigenvalue weighted by atomic mass is 35.5. The van der Waals surface area contributed by atoms with Crippen molar-refractivity contribution in [2.45, 2.75) is 0 Å². The van der Waals surface area contributed by atoms with Crippen LogP contribution in [0.3, 0.4) is 0 Å². The molecule has 13 heavy (non-hydrogen) atoms. The number of hydrogen-bond donors (Lipinski definition) is 2. The van der Waals surface area contributed by atoms with Crippen molar-refractivity contribution < 1.29 is 15.4 Å². The van der Waals surface area contributed by atoms with Crippen molar-refractivity contribution in [1.29, 1.82) is 0 Å². The normalized spacial score (nSPS) is 16.0. The predicted molar refractivity (Wildman–Crippen MR) is 55.1 cm³/mol. The summed E-state index contributed by atoms with van der Waals surface area (Å²) in [6, 6.07) is 0. The van der Waals surface area contributed by atoms with E-state index >= 15 is 0 Å². The van der Waals surface area contributed by atoms with E-state index in [1.54, 1.807) is 0 Å². The summed E-state index contributed by atoms with van der Waals surface area (Å²) in [5, 5.41) is 11.6. The van der Waals surface area contributed by atoms with Crippen LogP contribution in [-0.4, -0.2) is 54.2 Å². The molecule has 0 aromatic rings. The molecule has 5 nitrogen and oxygen atoms in total. The molecule has 0 radical (unpaired) electrons. The van der Waals surface area contributed by atoms with Gasteiger partial charge >= 0.3 is 5.97 Å². The molecule has 0 bridgehead atoms. The Hall–Kier alpha value is -0.0700. The molecule has 0 aliphatic carbocycles. The predicted octanol–water partition coefficient (Wildman–Crippen LogP) is -1.00. The van der Waals surface area contributed by atoms with Crippen molar-refractivity contribution in [2.75, 3.05) is 32.7 Å². The van der Waals surface area contributed by atoms with Crippen molar-refractivity contribution in [2.24, 2.45) is 0 Å². The molecule has 1 aliphatic heterocycles. The summed E-state index contributed by atoms with van der Waals surface area (Å²) in [6.45, 7) is 3.71. The summed E-state index contributed by atoms with van der Waals surface area (Å²) < 4.78 is 0. The lowest BCUT2D eigenvalue weighted by molar-refractivity contribution is -0.138. The van der Waals surface area contributed by atoms with Gasteiger partial charge in [-0.2, -0.15) is 0 Å². The highest BCUT2D eigenvalue weighted by Crippen LogP contribution is 1.89. The van der Waals surface area contributed by atoms with E-state index in [9.17, 15) is 4.79 Å². The quantitative estimate of drug-likeness (QED) is 0.642. The van der Waals surface area contributed by atoms with Crippen LogP contribution in [0, 0.1) is 0 Å². The second-order valence-electron chi connectivity index (χ2n) is 2.42. The third-order valence-corrected chi connectivity index (χ3v) is 1.57. The number of piperazine rings is 1. The minimum atomic E-state index is -0.734. The summed E-state index contributed by atoms with van der Waals surface area (Å²) in [7, 11) is 0. The van der Waals surface area contributed by atoms with Crippen molar-refractivity contribution in [3.8, 4) is 0 Å². The molecule has 82 valence electrons. The smallest absolute Gasteiger partial charge is 0.317 e. The average Bonchev–Trinajstić information content (AvgIpc) is 1.88. The first-order chi connectivity index (χ1) is 4.79. The van der Waals surface area contributed by atoms with Crippen LogP contribution in [0.1, 0.15) is 0 Å². The van der Waals surface area contributed by atoms with Gasteiger partial charge in [0, 0.05) is 26.2 Å². The molecular formula is C6H16Cl2N2O3. The maximum Gasteiger partial charge on any atom is 0.317 e. The van der Waals surface area contributed by atoms with Crippen LogP contribution in [0.5, 0.6) is 0 Å². The number of carboxylic acid groups (broad SMARTS) is 1. The van der Waals surface area contributed by atoms with Gasteiger partial charge in [0.1, 0.15) is 0 Å². The van der Waals surface area contributed by atoms with E-state index in [4.69, 9.17) is 5.11 Å². The number of nitrogens with one attached hydrogen (secondary N) is 1. The Bertz CT molecular complexity index is 131. The summed E-state index contributed by atoms with van der Waals surface area (Å²) in [6.07, 6.45) is 0. The average molecular weight is 235 g/mol. The second-order valence-corrected chi connectivity index (χ2v) is 2.42. The van der Waals surface area contributed by atoms with Gasteiger partial charge in [0.15, 0.2) is 0 Å². The molecule has 0 spiro atoms. The van der Waals surface area contributed by atoms with Crippen molar-refractivity contribution in [3.05, 3.63) is 0 Å². The van der Waals surface area contributed by atoms with Crippen LogP contribution >= 0.6 is 24.8 Å². The third-order valence-electron chi connectivity index (χ3n) is 1.57. The van der Waals surface area contributed by atoms with Crippen molar-refractivity contribution in [3.63, 3.8) is 0 Å². The maximum absolute atomic E-state index is 10.2. The Balaban J connectivity index is -0.000000333. The molecule has 4 N–H and O–H groups in total. The maximum atomic E-state index is 10.2. The standard InChI is InChI=1S/C6H12N2O2.2ClH.H2O/c9-6(10)5-8-3-1-7-2-4-8;;;/h7H,1-5H2,(H,9,10);2*1H;1H2. The third kappa shape index (κ3) is 8.27. The number of carboxylic acids is 1. The van der Waals surface area contributed by atoms with Gasteiger partial charge in [0.05, 0.1) is 6.54 Å². The number of nitrogens with zero attached hydrogens (tertiary/aromatic N) is 1. The fourth-order valence-electron chi connectivity index (χ4n) is 1.06. The number of carbonyl (C=O) groups is 1. The zero-order valence-corrected chi connectivity index (χ0v) is 8.79. The Kier molecular flexibility index (Phi) is 14.4. The highest BCUT2D eigenvalue weighted by Gasteiger charge is 2.11. The number of hydrogen-bond acceptors (Lipinski definition) is 3. The fraction of sp³-hybridized carbons (Fsp3) is 0.833. The molecule has 1 rings (SSSR count). The van der Waals surface area contributed by atoms with Crippen LogP contribution in [0.15, 0.2) is 0 Å². The van der Waals surface area contributed by atoms with E-state index in [0.717, 1.165) is 26.2 Å². The van der Waals surface area contributed by atoms with Crippen LogP contribution in [0.25, 0.3) is 0 Å².